The minimum atomic E-state index is -0.115. The Bertz CT molecular complexity index is 2580. The molecule has 3 nitrogen and oxygen atoms in total. The lowest BCUT2D eigenvalue weighted by molar-refractivity contribution is 0.299. The van der Waals surface area contributed by atoms with Gasteiger partial charge in [-0.1, -0.05) is 185 Å². The quantitative estimate of drug-likeness (QED) is 0.174. The van der Waals surface area contributed by atoms with Gasteiger partial charge in [0.05, 0.1) is 0 Å². The van der Waals surface area contributed by atoms with Gasteiger partial charge >= 0.3 is 0 Å². The van der Waals surface area contributed by atoms with E-state index in [2.05, 4.69) is 143 Å². The zero-order valence-electron chi connectivity index (χ0n) is 31.1. The molecule has 0 atom stereocenters. The van der Waals surface area contributed by atoms with Crippen LogP contribution in [-0.2, 0) is 10.8 Å². The van der Waals surface area contributed by atoms with Crippen LogP contribution in [0.5, 0.6) is 0 Å². The van der Waals surface area contributed by atoms with Crippen LogP contribution in [0.3, 0.4) is 0 Å². The molecule has 1 aromatic heterocycles. The van der Waals surface area contributed by atoms with Crippen molar-refractivity contribution in [3.8, 4) is 78.7 Å². The van der Waals surface area contributed by atoms with Crippen molar-refractivity contribution in [1.82, 2.24) is 15.0 Å². The van der Waals surface area contributed by atoms with E-state index >= 15 is 0 Å². The Morgan fingerprint density at radius 3 is 1.20 bits per heavy atom. The fraction of sp³-hybridized carbons (Fsp3) is 0.118. The van der Waals surface area contributed by atoms with Crippen LogP contribution < -0.4 is 0 Å². The predicted octanol–water partition coefficient (Wildman–Crippen LogP) is 13.1. The van der Waals surface area contributed by atoms with Gasteiger partial charge in [0.25, 0.3) is 0 Å². The number of aromatic nitrogens is 3. The largest absolute Gasteiger partial charge is 0.208 e. The molecule has 0 spiro atoms. The minimum absolute atomic E-state index is 0.0960. The normalized spacial score (nSPS) is 13.9. The molecule has 9 rings (SSSR count). The predicted molar refractivity (Wildman–Crippen MR) is 224 cm³/mol. The number of hydrogen-bond acceptors (Lipinski definition) is 3. The van der Waals surface area contributed by atoms with E-state index in [9.17, 15) is 0 Å². The van der Waals surface area contributed by atoms with Crippen LogP contribution >= 0.6 is 0 Å². The van der Waals surface area contributed by atoms with Crippen molar-refractivity contribution in [3.05, 3.63) is 187 Å². The Morgan fingerprint density at radius 1 is 0.278 bits per heavy atom. The highest BCUT2D eigenvalue weighted by Gasteiger charge is 2.46. The highest BCUT2D eigenvalue weighted by molar-refractivity contribution is 5.86. The monoisotopic (exact) mass is 695 g/mol. The van der Waals surface area contributed by atoms with Crippen molar-refractivity contribution in [2.45, 2.75) is 38.5 Å². The zero-order chi connectivity index (χ0) is 36.9. The van der Waals surface area contributed by atoms with Crippen LogP contribution in [-0.4, -0.2) is 15.0 Å². The number of nitrogens with zero attached hydrogens (tertiary/aromatic N) is 3. The average Bonchev–Trinajstić information content (AvgIpc) is 3.23. The lowest BCUT2D eigenvalue weighted by Crippen LogP contribution is -2.43. The van der Waals surface area contributed by atoms with E-state index in [1.807, 2.05) is 60.7 Å². The first kappa shape index (κ1) is 33.4. The molecule has 1 aliphatic carbocycles. The third-order valence-corrected chi connectivity index (χ3v) is 11.7. The van der Waals surface area contributed by atoms with Gasteiger partial charge in [-0.15, -0.1) is 0 Å². The van der Waals surface area contributed by atoms with Crippen LogP contribution in [0.15, 0.2) is 176 Å². The Kier molecular flexibility index (Phi) is 8.16. The van der Waals surface area contributed by atoms with Crippen molar-refractivity contribution < 1.29 is 0 Å². The van der Waals surface area contributed by atoms with Gasteiger partial charge in [-0.05, 0) is 84.7 Å². The summed E-state index contributed by atoms with van der Waals surface area (Å²) >= 11 is 0. The molecule has 0 amide bonds. The number of hydrogen-bond donors (Lipinski definition) is 0. The molecular weight excluding hydrogens is 655 g/mol. The Balaban J connectivity index is 1.13. The molecule has 1 heterocycles. The van der Waals surface area contributed by atoms with E-state index in [4.69, 9.17) is 15.0 Å². The second-order valence-corrected chi connectivity index (χ2v) is 15.3. The molecule has 0 radical (unpaired) electrons. The minimum Gasteiger partial charge on any atom is -0.208 e. The Labute approximate surface area is 318 Å². The smallest absolute Gasteiger partial charge is 0.164 e. The van der Waals surface area contributed by atoms with Gasteiger partial charge in [0, 0.05) is 16.7 Å². The van der Waals surface area contributed by atoms with Crippen molar-refractivity contribution in [3.63, 3.8) is 0 Å². The number of fused-ring (bicyclic) bond motifs is 3. The zero-order valence-corrected chi connectivity index (χ0v) is 31.1. The average molecular weight is 696 g/mol. The Hall–Kier alpha value is -6.45. The third-order valence-electron chi connectivity index (χ3n) is 11.7. The second-order valence-electron chi connectivity index (χ2n) is 15.3. The highest BCUT2D eigenvalue weighted by Crippen LogP contribution is 2.55. The SMILES string of the molecule is CC1(C)c2cc(-c3ccccc3)ccc2-c2ccc(-c3cccc(-c4ccccc4-c4nc(-c5ccccc5)nc(-c5ccccc5)n4)c3)cc2C1(C)C. The molecule has 0 bridgehead atoms. The van der Waals surface area contributed by atoms with Crippen molar-refractivity contribution in [1.29, 1.82) is 0 Å². The summed E-state index contributed by atoms with van der Waals surface area (Å²) in [5, 5.41) is 0. The van der Waals surface area contributed by atoms with Crippen LogP contribution in [0, 0.1) is 0 Å². The molecule has 7 aromatic carbocycles. The van der Waals surface area contributed by atoms with Crippen molar-refractivity contribution in [2.75, 3.05) is 0 Å². The maximum Gasteiger partial charge on any atom is 0.164 e. The summed E-state index contributed by atoms with van der Waals surface area (Å²) in [5.74, 6) is 1.96. The van der Waals surface area contributed by atoms with Gasteiger partial charge in [0.1, 0.15) is 0 Å². The van der Waals surface area contributed by atoms with Gasteiger partial charge < -0.3 is 0 Å². The van der Waals surface area contributed by atoms with E-state index in [1.54, 1.807) is 0 Å². The van der Waals surface area contributed by atoms with Gasteiger partial charge in [-0.3, -0.25) is 0 Å². The summed E-state index contributed by atoms with van der Waals surface area (Å²) in [7, 11) is 0. The first-order valence-electron chi connectivity index (χ1n) is 18.7. The van der Waals surface area contributed by atoms with Gasteiger partial charge in [0.2, 0.25) is 0 Å². The second kappa shape index (κ2) is 13.2. The fourth-order valence-corrected chi connectivity index (χ4v) is 7.98. The summed E-state index contributed by atoms with van der Waals surface area (Å²) in [6.45, 7) is 9.62. The van der Waals surface area contributed by atoms with E-state index in [-0.39, 0.29) is 10.8 Å². The third kappa shape index (κ3) is 5.74. The lowest BCUT2D eigenvalue weighted by Gasteiger charge is -2.48. The molecule has 8 aromatic rings. The molecule has 0 saturated carbocycles. The maximum atomic E-state index is 5.06. The molecule has 54 heavy (non-hydrogen) atoms. The van der Waals surface area contributed by atoms with Crippen molar-refractivity contribution >= 4 is 0 Å². The van der Waals surface area contributed by atoms with Gasteiger partial charge in [0.15, 0.2) is 17.5 Å². The molecular formula is C51H41N3. The fourth-order valence-electron chi connectivity index (χ4n) is 7.98. The lowest BCUT2D eigenvalue weighted by atomic mass is 9.55. The van der Waals surface area contributed by atoms with Crippen LogP contribution in [0.2, 0.25) is 0 Å². The van der Waals surface area contributed by atoms with E-state index in [0.29, 0.717) is 17.5 Å². The molecule has 0 aliphatic heterocycles. The summed E-state index contributed by atoms with van der Waals surface area (Å²) in [6.07, 6.45) is 0. The van der Waals surface area contributed by atoms with Crippen LogP contribution in [0.25, 0.3) is 78.7 Å². The first-order chi connectivity index (χ1) is 26.3. The molecule has 260 valence electrons. The summed E-state index contributed by atoms with van der Waals surface area (Å²) in [6, 6.07) is 62.4. The molecule has 0 N–H and O–H groups in total. The molecule has 0 fully saturated rings. The van der Waals surface area contributed by atoms with Gasteiger partial charge in [-0.25, -0.2) is 15.0 Å². The number of benzene rings is 7. The molecule has 0 saturated heterocycles. The number of rotatable bonds is 6. The molecule has 0 unspecified atom stereocenters. The van der Waals surface area contributed by atoms with E-state index < -0.39 is 0 Å². The maximum absolute atomic E-state index is 5.06. The van der Waals surface area contributed by atoms with Gasteiger partial charge in [-0.2, -0.15) is 0 Å². The summed E-state index contributed by atoms with van der Waals surface area (Å²) in [5.41, 5.74) is 15.2. The van der Waals surface area contributed by atoms with E-state index in [0.717, 1.165) is 27.8 Å². The topological polar surface area (TPSA) is 38.7 Å². The van der Waals surface area contributed by atoms with E-state index in [1.165, 1.54) is 44.5 Å². The van der Waals surface area contributed by atoms with Crippen LogP contribution in [0.4, 0.5) is 0 Å². The summed E-state index contributed by atoms with van der Waals surface area (Å²) < 4.78 is 0. The highest BCUT2D eigenvalue weighted by atomic mass is 15.0. The standard InChI is InChI=1S/C51H41N3/c1-50(2)45-32-38(34-17-8-5-9-18-34)27-29-42(45)43-30-28-39(33-46(43)51(50,3)4)37-23-16-24-40(31-37)41-25-14-15-26-44(41)49-53-47(35-19-10-6-11-20-35)52-48(54-49)36-21-12-7-13-22-36/h5-33H,1-4H3. The van der Waals surface area contributed by atoms with Crippen LogP contribution in [0.1, 0.15) is 38.8 Å². The summed E-state index contributed by atoms with van der Waals surface area (Å²) in [4.78, 5) is 15.0. The van der Waals surface area contributed by atoms with Crippen molar-refractivity contribution in [2.24, 2.45) is 0 Å². The molecule has 3 heteroatoms. The Morgan fingerprint density at radius 2 is 0.667 bits per heavy atom. The first-order valence-corrected chi connectivity index (χ1v) is 18.7. The molecule has 1 aliphatic rings.